The van der Waals surface area contributed by atoms with Crippen molar-refractivity contribution in [3.63, 3.8) is 0 Å². The zero-order chi connectivity index (χ0) is 16.1. The first kappa shape index (κ1) is 15.3. The second kappa shape index (κ2) is 6.57. The molecule has 0 amide bonds. The molecule has 2 aromatic carbocycles. The van der Waals surface area contributed by atoms with Crippen molar-refractivity contribution in [3.05, 3.63) is 63.7 Å². The lowest BCUT2D eigenvalue weighted by Crippen LogP contribution is -2.05. The Balaban J connectivity index is 0.000000170. The molecule has 0 saturated heterocycles. The molecule has 0 spiro atoms. The van der Waals surface area contributed by atoms with Crippen LogP contribution in [0.3, 0.4) is 0 Å². The number of rotatable bonds is 3. The monoisotopic (exact) mass is 302 g/mol. The van der Waals surface area contributed by atoms with Crippen LogP contribution in [0.15, 0.2) is 42.5 Å². The van der Waals surface area contributed by atoms with Gasteiger partial charge in [-0.25, -0.2) is 0 Å². The first-order valence-corrected chi connectivity index (χ1v) is 6.42. The number of nitro groups is 1. The predicted molar refractivity (Wildman–Crippen MR) is 79.6 cm³/mol. The smallest absolute Gasteiger partial charge is 0.308 e. The molecule has 0 aromatic heterocycles. The summed E-state index contributed by atoms with van der Waals surface area (Å²) in [5, 5.41) is 18.9. The van der Waals surface area contributed by atoms with Crippen LogP contribution in [0.5, 0.6) is 5.75 Å². The van der Waals surface area contributed by atoms with Crippen molar-refractivity contribution < 1.29 is 19.6 Å². The Labute approximate surface area is 126 Å². The van der Waals surface area contributed by atoms with E-state index in [4.69, 9.17) is 15.6 Å². The second-order valence-corrected chi connectivity index (χ2v) is 4.62. The van der Waals surface area contributed by atoms with Crippen molar-refractivity contribution in [1.82, 2.24) is 0 Å². The normalized spacial score (nSPS) is 11.1. The minimum atomic E-state index is -1.07. The largest absolute Gasteiger partial charge is 0.487 e. The van der Waals surface area contributed by atoms with Crippen LogP contribution < -0.4 is 10.5 Å². The summed E-state index contributed by atoms with van der Waals surface area (Å²) in [4.78, 5) is 20.2. The van der Waals surface area contributed by atoms with Gasteiger partial charge >= 0.3 is 5.97 Å². The number of para-hydroxylation sites is 1. The van der Waals surface area contributed by atoms with Crippen molar-refractivity contribution in [1.29, 1.82) is 0 Å². The number of aliphatic carboxylic acids is 1. The fourth-order valence-electron chi connectivity index (χ4n) is 1.98. The number of hydrogen-bond acceptors (Lipinski definition) is 5. The molecule has 0 saturated carbocycles. The number of nitrogen functional groups attached to an aromatic ring is 1. The maximum Gasteiger partial charge on any atom is 0.308 e. The van der Waals surface area contributed by atoms with Crippen molar-refractivity contribution in [3.8, 4) is 5.75 Å². The molecule has 3 N–H and O–H groups in total. The molecule has 2 aliphatic heterocycles. The van der Waals surface area contributed by atoms with E-state index in [1.807, 2.05) is 18.2 Å². The highest BCUT2D eigenvalue weighted by Crippen LogP contribution is 2.28. The highest BCUT2D eigenvalue weighted by molar-refractivity contribution is 5.72. The van der Waals surface area contributed by atoms with Crippen LogP contribution in [0, 0.1) is 10.1 Å². The van der Waals surface area contributed by atoms with E-state index in [0.29, 0.717) is 6.61 Å². The predicted octanol–water partition coefficient (Wildman–Crippen LogP) is 2.38. The van der Waals surface area contributed by atoms with E-state index >= 15 is 0 Å². The van der Waals surface area contributed by atoms with Gasteiger partial charge in [0.1, 0.15) is 12.4 Å². The number of benzene rings is 2. The van der Waals surface area contributed by atoms with Gasteiger partial charge in [-0.3, -0.25) is 14.9 Å². The van der Waals surface area contributed by atoms with E-state index in [1.165, 1.54) is 18.2 Å². The molecular weight excluding hydrogens is 288 g/mol. The van der Waals surface area contributed by atoms with E-state index in [2.05, 4.69) is 0 Å². The van der Waals surface area contributed by atoms with E-state index in [0.717, 1.165) is 17.0 Å². The van der Waals surface area contributed by atoms with Gasteiger partial charge in [-0.1, -0.05) is 24.3 Å². The highest BCUT2D eigenvalue weighted by atomic mass is 16.6. The second-order valence-electron chi connectivity index (χ2n) is 4.62. The maximum absolute atomic E-state index is 10.4. The molecule has 2 aromatic rings. The molecule has 0 fully saturated rings. The number of hydrogen-bond donors (Lipinski definition) is 2. The van der Waals surface area contributed by atoms with Crippen LogP contribution in [0.25, 0.3) is 0 Å². The van der Waals surface area contributed by atoms with Gasteiger partial charge in [0.15, 0.2) is 0 Å². The third kappa shape index (κ3) is 3.72. The van der Waals surface area contributed by atoms with Gasteiger partial charge in [0.2, 0.25) is 0 Å². The lowest BCUT2D eigenvalue weighted by atomic mass is 10.1. The van der Waals surface area contributed by atoms with Crippen molar-refractivity contribution >= 4 is 17.3 Å². The Morgan fingerprint density at radius 3 is 2.45 bits per heavy atom. The average Bonchev–Trinajstić information content (AvgIpc) is 2.48. The van der Waals surface area contributed by atoms with Crippen LogP contribution in [-0.4, -0.2) is 16.0 Å². The molecule has 2 aliphatic rings. The number of nitrogens with two attached hydrogens (primary N) is 1. The van der Waals surface area contributed by atoms with E-state index in [-0.39, 0.29) is 17.7 Å². The lowest BCUT2D eigenvalue weighted by Gasteiger charge is -2.15. The van der Waals surface area contributed by atoms with Gasteiger partial charge in [0.25, 0.3) is 5.69 Å². The lowest BCUT2D eigenvalue weighted by molar-refractivity contribution is -0.385. The molecule has 114 valence electrons. The van der Waals surface area contributed by atoms with Crippen LogP contribution in [0.1, 0.15) is 11.1 Å². The summed E-state index contributed by atoms with van der Waals surface area (Å²) in [6.07, 6.45) is -0.322. The Bertz CT molecular complexity index is 715. The number of carboxylic acid groups (broad SMARTS) is 1. The van der Waals surface area contributed by atoms with Crippen LogP contribution >= 0.6 is 0 Å². The van der Waals surface area contributed by atoms with Gasteiger partial charge in [-0.05, 0) is 17.7 Å². The average molecular weight is 302 g/mol. The highest BCUT2D eigenvalue weighted by Gasteiger charge is 2.14. The van der Waals surface area contributed by atoms with Gasteiger partial charge in [-0.15, -0.1) is 0 Å². The molecule has 22 heavy (non-hydrogen) atoms. The SMILES string of the molecule is Nc1cc2ccc1OC2.O=C(O)Cc1ccccc1[N+](=O)[O-]. The third-order valence-electron chi connectivity index (χ3n) is 3.00. The minimum absolute atomic E-state index is 0.148. The number of ether oxygens (including phenoxy) is 1. The Morgan fingerprint density at radius 1 is 1.32 bits per heavy atom. The summed E-state index contributed by atoms with van der Waals surface area (Å²) in [5.41, 5.74) is 7.52. The Kier molecular flexibility index (Phi) is 4.57. The summed E-state index contributed by atoms with van der Waals surface area (Å²) in [6, 6.07) is 11.7. The number of nitrogens with zero attached hydrogens (tertiary/aromatic N) is 1. The first-order valence-electron chi connectivity index (χ1n) is 6.42. The number of carbonyl (C=O) groups is 1. The zero-order valence-corrected chi connectivity index (χ0v) is 11.6. The van der Waals surface area contributed by atoms with Crippen LogP contribution in [0.4, 0.5) is 11.4 Å². The molecule has 2 bridgehead atoms. The van der Waals surface area contributed by atoms with Crippen LogP contribution in [0.2, 0.25) is 0 Å². The fourth-order valence-corrected chi connectivity index (χ4v) is 1.98. The molecule has 7 heteroatoms. The molecule has 0 unspecified atom stereocenters. The topological polar surface area (TPSA) is 116 Å². The molecule has 0 aliphatic carbocycles. The number of nitro benzene ring substituents is 1. The molecule has 4 rings (SSSR count). The number of carboxylic acids is 1. The molecular formula is C15H14N2O5. The molecule has 7 nitrogen and oxygen atoms in total. The standard InChI is InChI=1S/C8H7NO4.C7H7NO/c10-8(11)5-6-3-1-2-4-7(6)9(12)13;8-6-3-5-1-2-7(6)9-4-5/h1-4H,5H2,(H,10,11);1-3H,4,8H2. The molecule has 2 heterocycles. The summed E-state index contributed by atoms with van der Waals surface area (Å²) < 4.78 is 5.19. The summed E-state index contributed by atoms with van der Waals surface area (Å²) >= 11 is 0. The van der Waals surface area contributed by atoms with Crippen molar-refractivity contribution in [2.24, 2.45) is 0 Å². The van der Waals surface area contributed by atoms with Gasteiger partial charge in [-0.2, -0.15) is 0 Å². The Morgan fingerprint density at radius 2 is 2.05 bits per heavy atom. The van der Waals surface area contributed by atoms with Crippen LogP contribution in [-0.2, 0) is 17.8 Å². The molecule has 0 radical (unpaired) electrons. The fraction of sp³-hybridized carbons (Fsp3) is 0.133. The van der Waals surface area contributed by atoms with Crippen molar-refractivity contribution in [2.45, 2.75) is 13.0 Å². The van der Waals surface area contributed by atoms with E-state index in [1.54, 1.807) is 6.07 Å². The van der Waals surface area contributed by atoms with Gasteiger partial charge in [0.05, 0.1) is 17.0 Å². The Hall–Kier alpha value is -3.09. The summed E-state index contributed by atoms with van der Waals surface area (Å²) in [7, 11) is 0. The quantitative estimate of drug-likeness (QED) is 0.511. The minimum Gasteiger partial charge on any atom is -0.487 e. The summed E-state index contributed by atoms with van der Waals surface area (Å²) in [6.45, 7) is 0.687. The number of fused-ring (bicyclic) bond motifs is 3. The van der Waals surface area contributed by atoms with E-state index in [9.17, 15) is 14.9 Å². The summed E-state index contributed by atoms with van der Waals surface area (Å²) in [5.74, 6) is -0.265. The molecule has 0 atom stereocenters. The maximum atomic E-state index is 10.4. The van der Waals surface area contributed by atoms with Gasteiger partial charge in [0, 0.05) is 11.6 Å². The first-order chi connectivity index (χ1) is 10.5. The third-order valence-corrected chi connectivity index (χ3v) is 3.00. The van der Waals surface area contributed by atoms with E-state index < -0.39 is 10.9 Å². The zero-order valence-electron chi connectivity index (χ0n) is 11.6. The van der Waals surface area contributed by atoms with Crippen molar-refractivity contribution in [2.75, 3.05) is 5.73 Å². The number of anilines is 1. The van der Waals surface area contributed by atoms with Gasteiger partial charge < -0.3 is 15.6 Å².